The van der Waals surface area contributed by atoms with E-state index in [1.54, 1.807) is 14.0 Å². The SMILES string of the molecule is CCCC(NC(=O)C(C)CNC)C(=O)O. The molecule has 3 N–H and O–H groups in total. The molecule has 2 atom stereocenters. The molecule has 1 amide bonds. The topological polar surface area (TPSA) is 78.4 Å². The number of rotatable bonds is 7. The van der Waals surface area contributed by atoms with E-state index in [-0.39, 0.29) is 11.8 Å². The second-order valence-electron chi connectivity index (χ2n) is 3.65. The fourth-order valence-corrected chi connectivity index (χ4v) is 1.26. The van der Waals surface area contributed by atoms with Crippen molar-refractivity contribution in [2.24, 2.45) is 5.92 Å². The average molecular weight is 216 g/mol. The summed E-state index contributed by atoms with van der Waals surface area (Å²) in [7, 11) is 1.75. The second kappa shape index (κ2) is 7.23. The number of carbonyl (C=O) groups is 2. The lowest BCUT2D eigenvalue weighted by atomic mass is 10.1. The zero-order valence-electron chi connectivity index (χ0n) is 9.54. The Labute approximate surface area is 90.2 Å². The van der Waals surface area contributed by atoms with E-state index >= 15 is 0 Å². The molecule has 0 saturated carbocycles. The fourth-order valence-electron chi connectivity index (χ4n) is 1.26. The zero-order valence-corrected chi connectivity index (χ0v) is 9.54. The number of carboxylic acids is 1. The minimum Gasteiger partial charge on any atom is -0.480 e. The van der Waals surface area contributed by atoms with Crippen LogP contribution in [-0.4, -0.2) is 36.6 Å². The summed E-state index contributed by atoms with van der Waals surface area (Å²) in [6.45, 7) is 4.19. The van der Waals surface area contributed by atoms with E-state index in [0.29, 0.717) is 13.0 Å². The van der Waals surface area contributed by atoms with Gasteiger partial charge in [0, 0.05) is 12.5 Å². The Morgan fingerprint density at radius 2 is 2.00 bits per heavy atom. The molecular weight excluding hydrogens is 196 g/mol. The van der Waals surface area contributed by atoms with Crippen molar-refractivity contribution >= 4 is 11.9 Å². The maximum atomic E-state index is 11.5. The van der Waals surface area contributed by atoms with E-state index in [1.165, 1.54) is 0 Å². The summed E-state index contributed by atoms with van der Waals surface area (Å²) in [5.74, 6) is -1.40. The Balaban J connectivity index is 4.15. The Kier molecular flexibility index (Phi) is 6.70. The molecule has 0 bridgehead atoms. The van der Waals surface area contributed by atoms with Gasteiger partial charge in [0.2, 0.25) is 5.91 Å². The van der Waals surface area contributed by atoms with Gasteiger partial charge in [-0.05, 0) is 13.5 Å². The number of hydrogen-bond donors (Lipinski definition) is 3. The van der Waals surface area contributed by atoms with E-state index in [2.05, 4.69) is 10.6 Å². The lowest BCUT2D eigenvalue weighted by Crippen LogP contribution is -2.44. The van der Waals surface area contributed by atoms with Crippen LogP contribution in [0.1, 0.15) is 26.7 Å². The molecule has 88 valence electrons. The van der Waals surface area contributed by atoms with Gasteiger partial charge in [-0.3, -0.25) is 4.79 Å². The molecule has 0 spiro atoms. The van der Waals surface area contributed by atoms with Crippen LogP contribution in [0.15, 0.2) is 0 Å². The predicted octanol–water partition coefficient (Wildman–Crippen LogP) is 0.211. The normalized spacial score (nSPS) is 14.3. The Morgan fingerprint density at radius 3 is 2.40 bits per heavy atom. The maximum Gasteiger partial charge on any atom is 0.326 e. The monoisotopic (exact) mass is 216 g/mol. The van der Waals surface area contributed by atoms with E-state index in [4.69, 9.17) is 5.11 Å². The van der Waals surface area contributed by atoms with Crippen LogP contribution < -0.4 is 10.6 Å². The van der Waals surface area contributed by atoms with Crippen molar-refractivity contribution in [1.82, 2.24) is 10.6 Å². The van der Waals surface area contributed by atoms with Crippen molar-refractivity contribution in [2.45, 2.75) is 32.7 Å². The van der Waals surface area contributed by atoms with Crippen LogP contribution in [0.25, 0.3) is 0 Å². The molecule has 0 aromatic carbocycles. The summed E-state index contributed by atoms with van der Waals surface area (Å²) in [5.41, 5.74) is 0. The summed E-state index contributed by atoms with van der Waals surface area (Å²) in [6, 6.07) is -0.762. The molecule has 0 aliphatic heterocycles. The zero-order chi connectivity index (χ0) is 11.8. The minimum atomic E-state index is -0.971. The first-order valence-corrected chi connectivity index (χ1v) is 5.20. The first-order chi connectivity index (χ1) is 7.02. The molecule has 0 aliphatic rings. The Morgan fingerprint density at radius 1 is 1.40 bits per heavy atom. The van der Waals surface area contributed by atoms with E-state index in [0.717, 1.165) is 6.42 Å². The lowest BCUT2D eigenvalue weighted by Gasteiger charge is -2.16. The summed E-state index contributed by atoms with van der Waals surface area (Å²) in [6.07, 6.45) is 1.20. The van der Waals surface area contributed by atoms with Crippen molar-refractivity contribution in [3.8, 4) is 0 Å². The average Bonchev–Trinajstić information content (AvgIpc) is 2.17. The smallest absolute Gasteiger partial charge is 0.326 e. The van der Waals surface area contributed by atoms with Crippen molar-refractivity contribution in [1.29, 1.82) is 0 Å². The fraction of sp³-hybridized carbons (Fsp3) is 0.800. The molecule has 0 fully saturated rings. The van der Waals surface area contributed by atoms with Crippen LogP contribution in [0, 0.1) is 5.92 Å². The Bertz CT molecular complexity index is 219. The largest absolute Gasteiger partial charge is 0.480 e. The van der Waals surface area contributed by atoms with Crippen LogP contribution in [0.5, 0.6) is 0 Å². The number of hydrogen-bond acceptors (Lipinski definition) is 3. The molecule has 2 unspecified atom stereocenters. The van der Waals surface area contributed by atoms with Gasteiger partial charge in [0.1, 0.15) is 6.04 Å². The van der Waals surface area contributed by atoms with E-state index in [1.807, 2.05) is 6.92 Å². The van der Waals surface area contributed by atoms with Crippen molar-refractivity contribution in [3.63, 3.8) is 0 Å². The first kappa shape index (κ1) is 13.9. The van der Waals surface area contributed by atoms with E-state index in [9.17, 15) is 9.59 Å². The van der Waals surface area contributed by atoms with Gasteiger partial charge in [-0.25, -0.2) is 4.79 Å². The number of amides is 1. The number of nitrogens with one attached hydrogen (secondary N) is 2. The molecule has 0 heterocycles. The van der Waals surface area contributed by atoms with Crippen molar-refractivity contribution < 1.29 is 14.7 Å². The van der Waals surface area contributed by atoms with Crippen LogP contribution in [0.3, 0.4) is 0 Å². The van der Waals surface area contributed by atoms with Crippen molar-refractivity contribution in [3.05, 3.63) is 0 Å². The van der Waals surface area contributed by atoms with Gasteiger partial charge in [0.05, 0.1) is 0 Å². The van der Waals surface area contributed by atoms with Gasteiger partial charge in [-0.1, -0.05) is 20.3 Å². The lowest BCUT2D eigenvalue weighted by molar-refractivity contribution is -0.142. The molecule has 0 aliphatic carbocycles. The number of carbonyl (C=O) groups excluding carboxylic acids is 1. The van der Waals surface area contributed by atoms with Crippen LogP contribution >= 0.6 is 0 Å². The van der Waals surface area contributed by atoms with Crippen LogP contribution in [0.2, 0.25) is 0 Å². The molecule has 0 saturated heterocycles. The van der Waals surface area contributed by atoms with Gasteiger partial charge in [0.15, 0.2) is 0 Å². The highest BCUT2D eigenvalue weighted by Crippen LogP contribution is 2.00. The second-order valence-corrected chi connectivity index (χ2v) is 3.65. The molecule has 0 aromatic rings. The number of aliphatic carboxylic acids is 1. The van der Waals surface area contributed by atoms with Gasteiger partial charge in [-0.2, -0.15) is 0 Å². The minimum absolute atomic E-state index is 0.214. The summed E-state index contributed by atoms with van der Waals surface area (Å²) in [5, 5.41) is 14.2. The van der Waals surface area contributed by atoms with Crippen LogP contribution in [-0.2, 0) is 9.59 Å². The highest BCUT2D eigenvalue weighted by atomic mass is 16.4. The third kappa shape index (κ3) is 5.37. The molecule has 0 aromatic heterocycles. The van der Waals surface area contributed by atoms with Crippen molar-refractivity contribution in [2.75, 3.05) is 13.6 Å². The maximum absolute atomic E-state index is 11.5. The molecule has 5 heteroatoms. The molecule has 15 heavy (non-hydrogen) atoms. The third-order valence-corrected chi connectivity index (χ3v) is 2.15. The van der Waals surface area contributed by atoms with Gasteiger partial charge < -0.3 is 15.7 Å². The molecular formula is C10H20N2O3. The Hall–Kier alpha value is -1.10. The van der Waals surface area contributed by atoms with Gasteiger partial charge in [0.25, 0.3) is 0 Å². The van der Waals surface area contributed by atoms with Crippen LogP contribution in [0.4, 0.5) is 0 Å². The van der Waals surface area contributed by atoms with Gasteiger partial charge >= 0.3 is 5.97 Å². The van der Waals surface area contributed by atoms with E-state index < -0.39 is 12.0 Å². The molecule has 0 rings (SSSR count). The summed E-state index contributed by atoms with van der Waals surface area (Å²) >= 11 is 0. The van der Waals surface area contributed by atoms with Gasteiger partial charge in [-0.15, -0.1) is 0 Å². The highest BCUT2D eigenvalue weighted by molar-refractivity contribution is 5.84. The third-order valence-electron chi connectivity index (χ3n) is 2.15. The quantitative estimate of drug-likeness (QED) is 0.568. The predicted molar refractivity (Wildman–Crippen MR) is 57.6 cm³/mol. The highest BCUT2D eigenvalue weighted by Gasteiger charge is 2.21. The molecule has 5 nitrogen and oxygen atoms in total. The first-order valence-electron chi connectivity index (χ1n) is 5.20. The number of carboxylic acid groups (broad SMARTS) is 1. The molecule has 0 radical (unpaired) electrons. The standard InChI is InChI=1S/C10H20N2O3/c1-4-5-8(10(14)15)12-9(13)7(2)6-11-3/h7-8,11H,4-6H2,1-3H3,(H,12,13)(H,14,15). The summed E-state index contributed by atoms with van der Waals surface area (Å²) < 4.78 is 0. The summed E-state index contributed by atoms with van der Waals surface area (Å²) in [4.78, 5) is 22.3.